The molecule has 1 aliphatic heterocycles. The third-order valence-corrected chi connectivity index (χ3v) is 5.51. The lowest BCUT2D eigenvalue weighted by atomic mass is 9.98. The van der Waals surface area contributed by atoms with Crippen LogP contribution >= 0.6 is 0 Å². The summed E-state index contributed by atoms with van der Waals surface area (Å²) < 4.78 is 1.85. The molecule has 0 radical (unpaired) electrons. The molecule has 1 amide bonds. The number of carbonyl (C=O) groups excluding carboxylic acids is 1. The first-order chi connectivity index (χ1) is 13.8. The number of nitrogens with one attached hydrogen (secondary N) is 3. The Morgan fingerprint density at radius 2 is 2.00 bits per heavy atom. The van der Waals surface area contributed by atoms with Crippen molar-refractivity contribution in [1.82, 2.24) is 25.9 Å². The van der Waals surface area contributed by atoms with E-state index in [1.807, 2.05) is 55.9 Å². The molecule has 156 valence electrons. The number of carbonyl (C=O) groups is 2. The van der Waals surface area contributed by atoms with Gasteiger partial charge in [-0.15, -0.1) is 0 Å². The van der Waals surface area contributed by atoms with Gasteiger partial charge in [0.15, 0.2) is 0 Å². The van der Waals surface area contributed by atoms with Crippen LogP contribution in [0.3, 0.4) is 0 Å². The van der Waals surface area contributed by atoms with E-state index in [1.165, 1.54) is 0 Å². The number of aliphatic carboxylic acids is 1. The average molecular weight is 399 g/mol. The summed E-state index contributed by atoms with van der Waals surface area (Å²) in [6, 6.07) is 9.18. The summed E-state index contributed by atoms with van der Waals surface area (Å²) in [7, 11) is 1.91. The summed E-state index contributed by atoms with van der Waals surface area (Å²) in [4.78, 5) is 23.9. The smallest absolute Gasteiger partial charge is 0.303 e. The number of benzene rings is 1. The van der Waals surface area contributed by atoms with Crippen LogP contribution in [0.2, 0.25) is 0 Å². The number of hydrogen-bond donors (Lipinski definition) is 4. The van der Waals surface area contributed by atoms with E-state index in [4.69, 9.17) is 5.11 Å². The van der Waals surface area contributed by atoms with Crippen LogP contribution in [0.15, 0.2) is 30.3 Å². The molecule has 1 aromatic carbocycles. The fourth-order valence-corrected chi connectivity index (χ4v) is 3.93. The van der Waals surface area contributed by atoms with E-state index >= 15 is 0 Å². The molecule has 1 saturated heterocycles. The minimum Gasteiger partial charge on any atom is -0.481 e. The van der Waals surface area contributed by atoms with Crippen molar-refractivity contribution < 1.29 is 14.7 Å². The van der Waals surface area contributed by atoms with Crippen molar-refractivity contribution in [3.05, 3.63) is 52.8 Å². The second-order valence-electron chi connectivity index (χ2n) is 7.67. The van der Waals surface area contributed by atoms with Gasteiger partial charge < -0.3 is 10.4 Å². The highest BCUT2D eigenvalue weighted by Gasteiger charge is 2.33. The van der Waals surface area contributed by atoms with Gasteiger partial charge in [0, 0.05) is 30.8 Å². The zero-order valence-electron chi connectivity index (χ0n) is 17.1. The summed E-state index contributed by atoms with van der Waals surface area (Å²) in [6.07, 6.45) is 1.62. The van der Waals surface area contributed by atoms with Crippen LogP contribution in [0, 0.1) is 13.8 Å². The van der Waals surface area contributed by atoms with E-state index in [0.29, 0.717) is 19.3 Å². The van der Waals surface area contributed by atoms with E-state index in [-0.39, 0.29) is 30.5 Å². The predicted molar refractivity (Wildman–Crippen MR) is 109 cm³/mol. The number of carboxylic acids is 1. The molecule has 3 rings (SSSR count). The number of carboxylic acid groups (broad SMARTS) is 1. The minimum atomic E-state index is -0.861. The van der Waals surface area contributed by atoms with Crippen LogP contribution in [0.1, 0.15) is 47.8 Å². The Kier molecular flexibility index (Phi) is 6.66. The molecule has 8 heteroatoms. The number of aryl methyl sites for hydroxylation is 2. The summed E-state index contributed by atoms with van der Waals surface area (Å²) in [5.74, 6) is -0.980. The van der Waals surface area contributed by atoms with E-state index in [0.717, 1.165) is 22.5 Å². The van der Waals surface area contributed by atoms with Gasteiger partial charge in [0.1, 0.15) is 6.04 Å². The van der Waals surface area contributed by atoms with E-state index in [2.05, 4.69) is 21.3 Å². The normalized spacial score (nSPS) is 19.8. The summed E-state index contributed by atoms with van der Waals surface area (Å²) in [5, 5.41) is 16.5. The molecule has 8 nitrogen and oxygen atoms in total. The zero-order chi connectivity index (χ0) is 21.0. The summed E-state index contributed by atoms with van der Waals surface area (Å²) >= 11 is 0. The standard InChI is InChI=1S/C21H29N5O3/c1-13-20(14(2)26(3)25-13)17-12-18(24-23-17)21(29)22-16(9-10-19(27)28)11-15-7-5-4-6-8-15/h4-8,16-18,23-24H,9-12H2,1-3H3,(H,22,29)(H,27,28). The number of aromatic nitrogens is 2. The van der Waals surface area contributed by atoms with Crippen molar-refractivity contribution in [2.24, 2.45) is 7.05 Å². The molecule has 3 unspecified atom stereocenters. The fourth-order valence-electron chi connectivity index (χ4n) is 3.93. The highest BCUT2D eigenvalue weighted by Crippen LogP contribution is 2.27. The molecule has 4 N–H and O–H groups in total. The van der Waals surface area contributed by atoms with E-state index in [9.17, 15) is 9.59 Å². The first-order valence-electron chi connectivity index (χ1n) is 9.92. The molecule has 2 heterocycles. The van der Waals surface area contributed by atoms with Crippen molar-refractivity contribution in [1.29, 1.82) is 0 Å². The number of hydrazine groups is 1. The van der Waals surface area contributed by atoms with Crippen LogP contribution in [0.5, 0.6) is 0 Å². The van der Waals surface area contributed by atoms with Gasteiger partial charge in [-0.3, -0.25) is 14.3 Å². The first-order valence-corrected chi connectivity index (χ1v) is 9.92. The maximum atomic E-state index is 12.9. The fraction of sp³-hybridized carbons (Fsp3) is 0.476. The predicted octanol–water partition coefficient (Wildman–Crippen LogP) is 1.54. The Morgan fingerprint density at radius 1 is 1.28 bits per heavy atom. The minimum absolute atomic E-state index is 0.00560. The van der Waals surface area contributed by atoms with Crippen molar-refractivity contribution in [3.8, 4) is 0 Å². The Morgan fingerprint density at radius 3 is 2.62 bits per heavy atom. The number of amides is 1. The highest BCUT2D eigenvalue weighted by molar-refractivity contribution is 5.82. The Bertz CT molecular complexity index is 865. The molecule has 3 atom stereocenters. The second kappa shape index (κ2) is 9.19. The topological polar surface area (TPSA) is 108 Å². The van der Waals surface area contributed by atoms with Crippen LogP contribution in [0.4, 0.5) is 0 Å². The third kappa shape index (κ3) is 5.21. The first kappa shape index (κ1) is 21.0. The van der Waals surface area contributed by atoms with E-state index < -0.39 is 5.97 Å². The molecule has 0 bridgehead atoms. The molecular formula is C21H29N5O3. The SMILES string of the molecule is Cc1nn(C)c(C)c1C1CC(C(=O)NC(CCC(=O)O)Cc2ccccc2)NN1. The van der Waals surface area contributed by atoms with Crippen molar-refractivity contribution in [3.63, 3.8) is 0 Å². The van der Waals surface area contributed by atoms with Crippen molar-refractivity contribution in [2.75, 3.05) is 0 Å². The Balaban J connectivity index is 1.63. The number of nitrogens with zero attached hydrogens (tertiary/aromatic N) is 2. The lowest BCUT2D eigenvalue weighted by molar-refractivity contribution is -0.137. The Labute approximate surface area is 170 Å². The van der Waals surface area contributed by atoms with Gasteiger partial charge in [-0.2, -0.15) is 5.10 Å². The molecular weight excluding hydrogens is 370 g/mol. The van der Waals surface area contributed by atoms with Gasteiger partial charge in [0.25, 0.3) is 0 Å². The number of rotatable bonds is 8. The van der Waals surface area contributed by atoms with Crippen LogP contribution < -0.4 is 16.2 Å². The lowest BCUT2D eigenvalue weighted by Gasteiger charge is -2.20. The zero-order valence-corrected chi connectivity index (χ0v) is 17.1. The van der Waals surface area contributed by atoms with Gasteiger partial charge >= 0.3 is 5.97 Å². The summed E-state index contributed by atoms with van der Waals surface area (Å²) in [5.41, 5.74) is 10.5. The quantitative estimate of drug-likeness (QED) is 0.536. The van der Waals surface area contributed by atoms with Crippen LogP contribution in [-0.2, 0) is 23.1 Å². The molecule has 0 spiro atoms. The highest BCUT2D eigenvalue weighted by atomic mass is 16.4. The van der Waals surface area contributed by atoms with Crippen LogP contribution in [-0.4, -0.2) is 38.8 Å². The van der Waals surface area contributed by atoms with Crippen molar-refractivity contribution >= 4 is 11.9 Å². The molecule has 29 heavy (non-hydrogen) atoms. The van der Waals surface area contributed by atoms with Crippen molar-refractivity contribution in [2.45, 2.75) is 57.7 Å². The van der Waals surface area contributed by atoms with E-state index in [1.54, 1.807) is 0 Å². The molecule has 1 aromatic heterocycles. The summed E-state index contributed by atoms with van der Waals surface area (Å²) in [6.45, 7) is 3.99. The maximum Gasteiger partial charge on any atom is 0.303 e. The van der Waals surface area contributed by atoms with Gasteiger partial charge in [-0.05, 0) is 38.7 Å². The van der Waals surface area contributed by atoms with Crippen LogP contribution in [0.25, 0.3) is 0 Å². The second-order valence-corrected chi connectivity index (χ2v) is 7.67. The van der Waals surface area contributed by atoms with Gasteiger partial charge in [-0.1, -0.05) is 30.3 Å². The van der Waals surface area contributed by atoms with Gasteiger partial charge in [0.05, 0.1) is 11.7 Å². The molecule has 1 fully saturated rings. The van der Waals surface area contributed by atoms with Gasteiger partial charge in [0.2, 0.25) is 5.91 Å². The lowest BCUT2D eigenvalue weighted by Crippen LogP contribution is -2.47. The monoisotopic (exact) mass is 399 g/mol. The molecule has 2 aromatic rings. The Hall–Kier alpha value is -2.71. The largest absolute Gasteiger partial charge is 0.481 e. The maximum absolute atomic E-state index is 12.9. The molecule has 0 aliphatic carbocycles. The third-order valence-electron chi connectivity index (χ3n) is 5.51. The average Bonchev–Trinajstić information content (AvgIpc) is 3.25. The van der Waals surface area contributed by atoms with Gasteiger partial charge in [-0.25, -0.2) is 10.9 Å². The molecule has 1 aliphatic rings. The molecule has 0 saturated carbocycles. The number of hydrogen-bond acceptors (Lipinski definition) is 5.